The highest BCUT2D eigenvalue weighted by atomic mass is 35.5. The number of allylic oxidation sites excluding steroid dienone is 1. The zero-order chi connectivity index (χ0) is 27.9. The summed E-state index contributed by atoms with van der Waals surface area (Å²) in [6.07, 6.45) is 2.34. The lowest BCUT2D eigenvalue weighted by Gasteiger charge is -2.49. The fourth-order valence-corrected chi connectivity index (χ4v) is 7.29. The van der Waals surface area contributed by atoms with E-state index in [-0.39, 0.29) is 5.92 Å². The van der Waals surface area contributed by atoms with Crippen molar-refractivity contribution in [2.75, 3.05) is 0 Å². The summed E-state index contributed by atoms with van der Waals surface area (Å²) < 4.78 is 6.47. The topological polar surface area (TPSA) is 75.0 Å². The Labute approximate surface area is 242 Å². The highest BCUT2D eigenvalue weighted by Gasteiger charge is 2.63. The second-order valence-corrected chi connectivity index (χ2v) is 11.9. The summed E-state index contributed by atoms with van der Waals surface area (Å²) in [7, 11) is 0. The third-order valence-electron chi connectivity index (χ3n) is 7.53. The maximum absolute atomic E-state index is 12.4. The number of hydrogen-bond acceptors (Lipinski definition) is 6. The second-order valence-electron chi connectivity index (χ2n) is 10.1. The van der Waals surface area contributed by atoms with E-state index in [0.717, 1.165) is 22.4 Å². The van der Waals surface area contributed by atoms with Crippen LogP contribution in [0.3, 0.4) is 0 Å². The number of nitrogens with zero attached hydrogens (tertiary/aromatic N) is 3. The number of benzene rings is 2. The maximum atomic E-state index is 12.4. The predicted octanol–water partition coefficient (Wildman–Crippen LogP) is 7.86. The molecule has 9 heteroatoms. The molecule has 0 amide bonds. The van der Waals surface area contributed by atoms with E-state index in [4.69, 9.17) is 32.9 Å². The van der Waals surface area contributed by atoms with Crippen LogP contribution < -0.4 is 4.74 Å². The standard InChI is InChI=1S/C30H29Cl2N3O3S/c1-5-30(22-13-12-21(31)15-23(22)38-17-19-9-7-6-8-10-19)29(4,20-11-14-24(32)33-16-20)34-28-35(30)25(18(2)3)26(39-28)27(36)37/h6-16,18H,5,17H2,1-4H3,(H,36,37)/t29-,30+/m0/s1. The van der Waals surface area contributed by atoms with E-state index in [9.17, 15) is 9.90 Å². The van der Waals surface area contributed by atoms with Crippen LogP contribution in [0.2, 0.25) is 10.2 Å². The molecule has 0 unspecified atom stereocenters. The van der Waals surface area contributed by atoms with E-state index in [2.05, 4.69) is 23.7 Å². The van der Waals surface area contributed by atoms with Crippen LogP contribution in [-0.4, -0.2) is 26.1 Å². The number of carbonyl (C=O) groups is 1. The minimum Gasteiger partial charge on any atom is -0.488 e. The normalized spacial score (nSPS) is 22.3. The summed E-state index contributed by atoms with van der Waals surface area (Å²) in [4.78, 5) is 24.4. The monoisotopic (exact) mass is 581 g/mol. The molecule has 0 saturated carbocycles. The summed E-state index contributed by atoms with van der Waals surface area (Å²) in [5, 5.41) is 11.7. The van der Waals surface area contributed by atoms with Gasteiger partial charge in [0.05, 0.1) is 0 Å². The largest absolute Gasteiger partial charge is 0.488 e. The number of aromatic nitrogens is 1. The number of halogens is 2. The number of ether oxygens (including phenoxy) is 1. The Morgan fingerprint density at radius 3 is 2.49 bits per heavy atom. The van der Waals surface area contributed by atoms with Gasteiger partial charge in [0.25, 0.3) is 0 Å². The molecule has 6 nitrogen and oxygen atoms in total. The van der Waals surface area contributed by atoms with Crippen LogP contribution in [0.15, 0.2) is 82.5 Å². The molecule has 2 aromatic carbocycles. The van der Waals surface area contributed by atoms with Gasteiger partial charge in [0, 0.05) is 28.0 Å². The predicted molar refractivity (Wildman–Crippen MR) is 157 cm³/mol. The molecule has 202 valence electrons. The van der Waals surface area contributed by atoms with Crippen molar-refractivity contribution < 1.29 is 14.6 Å². The lowest BCUT2D eigenvalue weighted by Crippen LogP contribution is -2.53. The molecule has 2 aliphatic rings. The second kappa shape index (κ2) is 10.5. The fraction of sp³-hybridized carbons (Fsp3) is 0.300. The summed E-state index contributed by atoms with van der Waals surface area (Å²) in [6.45, 7) is 8.54. The van der Waals surface area contributed by atoms with Crippen LogP contribution in [0.4, 0.5) is 0 Å². The minimum absolute atomic E-state index is 0.0751. The number of pyridine rings is 1. The highest BCUT2D eigenvalue weighted by molar-refractivity contribution is 8.18. The highest BCUT2D eigenvalue weighted by Crippen LogP contribution is 2.62. The Hall–Kier alpha value is -3.00. The first kappa shape index (κ1) is 27.6. The van der Waals surface area contributed by atoms with Crippen LogP contribution in [0.5, 0.6) is 5.75 Å². The van der Waals surface area contributed by atoms with Gasteiger partial charge in [-0.2, -0.15) is 0 Å². The van der Waals surface area contributed by atoms with Gasteiger partial charge in [-0.1, -0.05) is 86.4 Å². The number of fused-ring (bicyclic) bond motifs is 1. The molecule has 3 heterocycles. The van der Waals surface area contributed by atoms with Crippen LogP contribution in [-0.2, 0) is 22.5 Å². The average Bonchev–Trinajstić information content (AvgIpc) is 3.40. The Balaban J connectivity index is 1.76. The maximum Gasteiger partial charge on any atom is 0.344 e. The van der Waals surface area contributed by atoms with Gasteiger partial charge >= 0.3 is 5.97 Å². The number of carboxylic acid groups (broad SMARTS) is 1. The van der Waals surface area contributed by atoms with Crippen molar-refractivity contribution in [3.63, 3.8) is 0 Å². The molecular weight excluding hydrogens is 553 g/mol. The van der Waals surface area contributed by atoms with E-state index in [1.54, 1.807) is 12.3 Å². The van der Waals surface area contributed by atoms with Crippen molar-refractivity contribution in [2.24, 2.45) is 10.9 Å². The van der Waals surface area contributed by atoms with E-state index in [0.29, 0.717) is 39.0 Å². The summed E-state index contributed by atoms with van der Waals surface area (Å²) >= 11 is 13.9. The molecule has 2 atom stereocenters. The van der Waals surface area contributed by atoms with Gasteiger partial charge in [0.1, 0.15) is 33.5 Å². The molecule has 39 heavy (non-hydrogen) atoms. The molecule has 0 bridgehead atoms. The number of hydrogen-bond donors (Lipinski definition) is 1. The first-order valence-corrected chi connectivity index (χ1v) is 14.3. The first-order chi connectivity index (χ1) is 18.6. The van der Waals surface area contributed by atoms with Gasteiger partial charge in [-0.3, -0.25) is 0 Å². The van der Waals surface area contributed by atoms with E-state index in [1.807, 2.05) is 68.4 Å². The number of aliphatic imine (C=N–C) groups is 1. The number of rotatable bonds is 8. The van der Waals surface area contributed by atoms with Crippen LogP contribution in [0, 0.1) is 5.92 Å². The lowest BCUT2D eigenvalue weighted by atomic mass is 9.67. The zero-order valence-corrected chi connectivity index (χ0v) is 24.4. The lowest BCUT2D eigenvalue weighted by molar-refractivity contribution is -0.132. The number of aliphatic carboxylic acids is 1. The number of carboxylic acids is 1. The van der Waals surface area contributed by atoms with Crippen molar-refractivity contribution in [3.05, 3.63) is 104 Å². The smallest absolute Gasteiger partial charge is 0.344 e. The number of amidine groups is 1. The van der Waals surface area contributed by atoms with Gasteiger partial charge in [0.15, 0.2) is 5.17 Å². The van der Waals surface area contributed by atoms with E-state index >= 15 is 0 Å². The van der Waals surface area contributed by atoms with Gasteiger partial charge in [-0.15, -0.1) is 0 Å². The molecule has 0 spiro atoms. The Morgan fingerprint density at radius 2 is 1.87 bits per heavy atom. The molecule has 0 fully saturated rings. The summed E-state index contributed by atoms with van der Waals surface area (Å²) in [6, 6.07) is 19.3. The van der Waals surface area contributed by atoms with Gasteiger partial charge < -0.3 is 14.7 Å². The molecule has 1 aromatic heterocycles. The molecule has 3 aromatic rings. The zero-order valence-electron chi connectivity index (χ0n) is 22.1. The first-order valence-electron chi connectivity index (χ1n) is 12.8. The third-order valence-corrected chi connectivity index (χ3v) is 9.04. The summed E-state index contributed by atoms with van der Waals surface area (Å²) in [5.74, 6) is -0.416. The van der Waals surface area contributed by atoms with Crippen molar-refractivity contribution in [3.8, 4) is 5.75 Å². The molecule has 0 aliphatic carbocycles. The summed E-state index contributed by atoms with van der Waals surface area (Å²) in [5.41, 5.74) is 1.77. The van der Waals surface area contributed by atoms with Gasteiger partial charge in [0.2, 0.25) is 0 Å². The fourth-order valence-electron chi connectivity index (χ4n) is 5.75. The van der Waals surface area contributed by atoms with Crippen molar-refractivity contribution in [1.82, 2.24) is 9.88 Å². The molecule has 0 radical (unpaired) electrons. The van der Waals surface area contributed by atoms with Crippen molar-refractivity contribution in [2.45, 2.75) is 51.8 Å². The molecule has 2 aliphatic heterocycles. The van der Waals surface area contributed by atoms with Crippen molar-refractivity contribution >= 4 is 46.1 Å². The number of thioether (sulfide) groups is 1. The molecule has 0 saturated heterocycles. The molecule has 5 rings (SSSR count). The third kappa shape index (κ3) is 4.50. The Kier molecular flexibility index (Phi) is 7.44. The quantitative estimate of drug-likeness (QED) is 0.273. The molecule has 1 N–H and O–H groups in total. The van der Waals surface area contributed by atoms with Crippen molar-refractivity contribution in [1.29, 1.82) is 0 Å². The SMILES string of the molecule is CC[C@]1(c2ccc(Cl)cc2OCc2ccccc2)N2C(=N[C@@]1(C)c1ccc(Cl)nc1)SC(C(=O)O)=C2C(C)C. The van der Waals surface area contributed by atoms with E-state index in [1.165, 1.54) is 11.8 Å². The van der Waals surface area contributed by atoms with Crippen LogP contribution in [0.25, 0.3) is 0 Å². The molecular formula is C30H29Cl2N3O3S. The van der Waals surface area contributed by atoms with Gasteiger partial charge in [-0.05, 0) is 54.8 Å². The van der Waals surface area contributed by atoms with E-state index < -0.39 is 17.0 Å². The van der Waals surface area contributed by atoms with Gasteiger partial charge in [-0.25, -0.2) is 14.8 Å². The Morgan fingerprint density at radius 1 is 1.13 bits per heavy atom. The van der Waals surface area contributed by atoms with Crippen LogP contribution >= 0.6 is 35.0 Å². The average molecular weight is 583 g/mol. The van der Waals surface area contributed by atoms with Crippen LogP contribution in [0.1, 0.15) is 50.8 Å². The Bertz CT molecular complexity index is 1480. The minimum atomic E-state index is -0.961.